The summed E-state index contributed by atoms with van der Waals surface area (Å²) >= 11 is 0. The topological polar surface area (TPSA) is 29.5 Å². The third kappa shape index (κ3) is 0.932. The van der Waals surface area contributed by atoms with Crippen LogP contribution in [0.2, 0.25) is 0 Å². The lowest BCUT2D eigenvalue weighted by Gasteiger charge is -2.40. The van der Waals surface area contributed by atoms with Crippen molar-refractivity contribution in [3.05, 3.63) is 0 Å². The Kier molecular flexibility index (Phi) is 1.96. The van der Waals surface area contributed by atoms with Crippen LogP contribution in [-0.4, -0.2) is 16.5 Å². The molecule has 1 aliphatic heterocycles. The van der Waals surface area contributed by atoms with Gasteiger partial charge in [-0.25, -0.2) is 0 Å². The van der Waals surface area contributed by atoms with Crippen molar-refractivity contribution in [1.29, 1.82) is 0 Å². The zero-order chi connectivity index (χ0) is 11.8. The highest BCUT2D eigenvalue weighted by molar-refractivity contribution is 5.18. The third-order valence-corrected chi connectivity index (χ3v) is 5.97. The van der Waals surface area contributed by atoms with E-state index >= 15 is 0 Å². The number of rotatable bonds is 0. The molecule has 1 spiro atoms. The molecule has 0 aromatic heterocycles. The highest BCUT2D eigenvalue weighted by atomic mass is 16.7. The predicted octanol–water partition coefficient (Wildman–Crippen LogP) is 2.95. The van der Waals surface area contributed by atoms with Crippen LogP contribution in [0, 0.1) is 23.2 Å². The Balaban J connectivity index is 2.14. The van der Waals surface area contributed by atoms with Gasteiger partial charge in [0.05, 0.1) is 5.60 Å². The van der Waals surface area contributed by atoms with Crippen molar-refractivity contribution in [1.82, 2.24) is 0 Å². The Bertz CT molecular complexity index is 325. The van der Waals surface area contributed by atoms with Gasteiger partial charge in [0, 0.05) is 11.3 Å². The largest absolute Gasteiger partial charge is 0.365 e. The summed E-state index contributed by atoms with van der Waals surface area (Å²) in [5, 5.41) is 11.0. The van der Waals surface area contributed by atoms with Crippen molar-refractivity contribution in [2.75, 3.05) is 0 Å². The van der Waals surface area contributed by atoms with Crippen LogP contribution >= 0.6 is 0 Å². The van der Waals surface area contributed by atoms with Crippen molar-refractivity contribution >= 4 is 0 Å². The summed E-state index contributed by atoms with van der Waals surface area (Å²) in [6.45, 7) is 8.80. The molecule has 2 heteroatoms. The van der Waals surface area contributed by atoms with E-state index in [1.54, 1.807) is 0 Å². The molecule has 2 saturated carbocycles. The van der Waals surface area contributed by atoms with Crippen molar-refractivity contribution in [3.63, 3.8) is 0 Å². The number of hydrogen-bond acceptors (Lipinski definition) is 2. The summed E-state index contributed by atoms with van der Waals surface area (Å²) < 4.78 is 6.16. The van der Waals surface area contributed by atoms with Crippen molar-refractivity contribution in [3.8, 4) is 0 Å². The summed E-state index contributed by atoms with van der Waals surface area (Å²) in [7, 11) is 0. The van der Waals surface area contributed by atoms with Gasteiger partial charge in [-0.15, -0.1) is 0 Å². The summed E-state index contributed by atoms with van der Waals surface area (Å²) in [4.78, 5) is 0. The molecule has 3 fully saturated rings. The molecule has 3 rings (SSSR count). The molecule has 1 saturated heterocycles. The van der Waals surface area contributed by atoms with Crippen LogP contribution in [0.25, 0.3) is 0 Å². The molecular weight excluding hydrogens is 200 g/mol. The molecule has 0 radical (unpaired) electrons. The van der Waals surface area contributed by atoms with E-state index in [0.29, 0.717) is 11.8 Å². The normalized spacial score (nSPS) is 58.7. The zero-order valence-electron chi connectivity index (χ0n) is 10.9. The van der Waals surface area contributed by atoms with E-state index in [-0.39, 0.29) is 16.9 Å². The van der Waals surface area contributed by atoms with E-state index in [1.807, 2.05) is 0 Å². The second-order valence-corrected chi connectivity index (χ2v) is 6.91. The van der Waals surface area contributed by atoms with Gasteiger partial charge in [-0.3, -0.25) is 0 Å². The molecule has 92 valence electrons. The van der Waals surface area contributed by atoms with E-state index in [9.17, 15) is 5.11 Å². The van der Waals surface area contributed by atoms with Gasteiger partial charge in [0.25, 0.3) is 0 Å². The fraction of sp³-hybridized carbons (Fsp3) is 1.00. The van der Waals surface area contributed by atoms with Gasteiger partial charge >= 0.3 is 0 Å². The first-order valence-electron chi connectivity index (χ1n) is 6.77. The Morgan fingerprint density at radius 1 is 1.06 bits per heavy atom. The van der Waals surface area contributed by atoms with Gasteiger partial charge in [-0.1, -0.05) is 13.8 Å². The zero-order valence-corrected chi connectivity index (χ0v) is 10.9. The van der Waals surface area contributed by atoms with Crippen LogP contribution in [0.5, 0.6) is 0 Å². The van der Waals surface area contributed by atoms with Crippen LogP contribution in [0.1, 0.15) is 53.4 Å². The first kappa shape index (κ1) is 11.0. The molecule has 1 heterocycles. The molecule has 0 amide bonds. The lowest BCUT2D eigenvalue weighted by molar-refractivity contribution is -0.270. The summed E-state index contributed by atoms with van der Waals surface area (Å²) in [5.41, 5.74) is -0.0931. The molecule has 2 nitrogen and oxygen atoms in total. The fourth-order valence-electron chi connectivity index (χ4n) is 5.22. The lowest BCUT2D eigenvalue weighted by Crippen LogP contribution is -2.48. The maximum atomic E-state index is 11.0. The first-order valence-corrected chi connectivity index (χ1v) is 6.77. The second kappa shape index (κ2) is 2.84. The summed E-state index contributed by atoms with van der Waals surface area (Å²) in [6, 6.07) is 0. The second-order valence-electron chi connectivity index (χ2n) is 6.91. The summed E-state index contributed by atoms with van der Waals surface area (Å²) in [5.74, 6) is 0.591. The average Bonchev–Trinajstić information content (AvgIpc) is 2.68. The number of hydrogen-bond donors (Lipinski definition) is 1. The maximum absolute atomic E-state index is 11.0. The SMILES string of the molecule is CC1CCC23C(C)CCC2C(C)(C)OC13O. The molecule has 1 N–H and O–H groups in total. The fourth-order valence-corrected chi connectivity index (χ4v) is 5.22. The molecule has 3 aliphatic rings. The van der Waals surface area contributed by atoms with Gasteiger partial charge in [-0.2, -0.15) is 0 Å². The third-order valence-electron chi connectivity index (χ3n) is 5.97. The highest BCUT2D eigenvalue weighted by Gasteiger charge is 2.75. The van der Waals surface area contributed by atoms with Crippen LogP contribution in [0.15, 0.2) is 0 Å². The highest BCUT2D eigenvalue weighted by Crippen LogP contribution is 2.71. The predicted molar refractivity (Wildman–Crippen MR) is 62.8 cm³/mol. The number of aliphatic hydroxyl groups is 1. The molecule has 0 aromatic carbocycles. The molecule has 16 heavy (non-hydrogen) atoms. The average molecular weight is 224 g/mol. The van der Waals surface area contributed by atoms with Gasteiger partial charge < -0.3 is 9.84 Å². The minimum Gasteiger partial charge on any atom is -0.365 e. The minimum absolute atomic E-state index is 0.0515. The first-order chi connectivity index (χ1) is 7.34. The minimum atomic E-state index is -0.850. The molecule has 5 atom stereocenters. The van der Waals surface area contributed by atoms with Crippen LogP contribution in [0.4, 0.5) is 0 Å². The Morgan fingerprint density at radius 2 is 1.75 bits per heavy atom. The smallest absolute Gasteiger partial charge is 0.174 e. The van der Waals surface area contributed by atoms with E-state index < -0.39 is 5.79 Å². The molecule has 0 aromatic rings. The van der Waals surface area contributed by atoms with Crippen molar-refractivity contribution in [2.45, 2.75) is 64.8 Å². The lowest BCUT2D eigenvalue weighted by atomic mass is 9.65. The van der Waals surface area contributed by atoms with E-state index in [2.05, 4.69) is 27.7 Å². The van der Waals surface area contributed by atoms with Gasteiger partial charge in [0.2, 0.25) is 0 Å². The maximum Gasteiger partial charge on any atom is 0.174 e. The van der Waals surface area contributed by atoms with Gasteiger partial charge in [-0.05, 0) is 51.4 Å². The van der Waals surface area contributed by atoms with Crippen molar-refractivity contribution < 1.29 is 9.84 Å². The van der Waals surface area contributed by atoms with Gasteiger partial charge in [0.15, 0.2) is 5.79 Å². The van der Waals surface area contributed by atoms with Crippen LogP contribution < -0.4 is 0 Å². The van der Waals surface area contributed by atoms with Crippen LogP contribution in [-0.2, 0) is 4.74 Å². The molecule has 0 bridgehead atoms. The summed E-state index contributed by atoms with van der Waals surface area (Å²) in [6.07, 6.45) is 4.75. The molecule has 2 aliphatic carbocycles. The standard InChI is InChI=1S/C14H24O2/c1-9-5-6-11-12(3,4)16-14(15)10(2)7-8-13(9,11)14/h9-11,15H,5-8H2,1-4H3. The molecular formula is C14H24O2. The monoisotopic (exact) mass is 224 g/mol. The number of ether oxygens (including phenoxy) is 1. The quantitative estimate of drug-likeness (QED) is 0.685. The van der Waals surface area contributed by atoms with E-state index in [1.165, 1.54) is 12.8 Å². The Hall–Kier alpha value is -0.0800. The Morgan fingerprint density at radius 3 is 2.44 bits per heavy atom. The Labute approximate surface area is 98.4 Å². The van der Waals surface area contributed by atoms with E-state index in [0.717, 1.165) is 12.8 Å². The van der Waals surface area contributed by atoms with E-state index in [4.69, 9.17) is 4.74 Å². The molecule has 5 unspecified atom stereocenters. The van der Waals surface area contributed by atoms with Crippen LogP contribution in [0.3, 0.4) is 0 Å². The van der Waals surface area contributed by atoms with Gasteiger partial charge in [0.1, 0.15) is 0 Å². The van der Waals surface area contributed by atoms with Crippen molar-refractivity contribution in [2.24, 2.45) is 23.2 Å².